The molecule has 31 heavy (non-hydrogen) atoms. The standard InChI is InChI=1S/C19H13ClF3N3O4S/c20-14-7-6-12(19(21,22)23)10-15(14)26-31(29,30)13-4-1-3-11(9-13)18(28)25-17-16(27)5-2-8-24-17/h1-10,26-27H,(H,24,25,28). The van der Waals surface area contributed by atoms with Crippen molar-refractivity contribution in [2.45, 2.75) is 11.1 Å². The first-order valence-corrected chi connectivity index (χ1v) is 10.3. The monoisotopic (exact) mass is 471 g/mol. The van der Waals surface area contributed by atoms with Gasteiger partial charge in [0.15, 0.2) is 11.6 Å². The summed E-state index contributed by atoms with van der Waals surface area (Å²) < 4.78 is 66.1. The predicted molar refractivity (Wildman–Crippen MR) is 108 cm³/mol. The number of hydrogen-bond acceptors (Lipinski definition) is 5. The average molecular weight is 472 g/mol. The first-order chi connectivity index (χ1) is 14.5. The number of carbonyl (C=O) groups is 1. The van der Waals surface area contributed by atoms with Crippen molar-refractivity contribution in [3.8, 4) is 5.75 Å². The van der Waals surface area contributed by atoms with E-state index >= 15 is 0 Å². The normalized spacial score (nSPS) is 11.7. The molecule has 3 N–H and O–H groups in total. The quantitative estimate of drug-likeness (QED) is 0.507. The molecule has 0 aliphatic carbocycles. The van der Waals surface area contributed by atoms with Crippen LogP contribution in [0.1, 0.15) is 15.9 Å². The molecule has 1 amide bonds. The lowest BCUT2D eigenvalue weighted by Gasteiger charge is -2.13. The lowest BCUT2D eigenvalue weighted by molar-refractivity contribution is -0.137. The number of pyridine rings is 1. The summed E-state index contributed by atoms with van der Waals surface area (Å²) in [6.45, 7) is 0. The van der Waals surface area contributed by atoms with Crippen LogP contribution in [0, 0.1) is 0 Å². The summed E-state index contributed by atoms with van der Waals surface area (Å²) in [5.41, 5.74) is -1.65. The molecule has 0 aliphatic rings. The number of aromatic nitrogens is 1. The summed E-state index contributed by atoms with van der Waals surface area (Å²) in [5, 5.41) is 11.8. The molecule has 0 aliphatic heterocycles. The number of nitrogens with one attached hydrogen (secondary N) is 2. The number of aromatic hydroxyl groups is 1. The van der Waals surface area contributed by atoms with Gasteiger partial charge in [-0.25, -0.2) is 13.4 Å². The minimum absolute atomic E-state index is 0.0944. The SMILES string of the molecule is O=C(Nc1ncccc1O)c1cccc(S(=O)(=O)Nc2cc(C(F)(F)F)ccc2Cl)c1. The first kappa shape index (κ1) is 22.4. The van der Waals surface area contributed by atoms with Crippen LogP contribution in [0.2, 0.25) is 5.02 Å². The van der Waals surface area contributed by atoms with Crippen LogP contribution in [0.3, 0.4) is 0 Å². The van der Waals surface area contributed by atoms with Crippen LogP contribution in [0.5, 0.6) is 5.75 Å². The zero-order valence-electron chi connectivity index (χ0n) is 15.3. The number of sulfonamides is 1. The van der Waals surface area contributed by atoms with E-state index in [1.54, 1.807) is 0 Å². The van der Waals surface area contributed by atoms with E-state index in [9.17, 15) is 31.5 Å². The molecule has 2 aromatic carbocycles. The Kier molecular flexibility index (Phi) is 6.09. The molecule has 0 unspecified atom stereocenters. The van der Waals surface area contributed by atoms with Gasteiger partial charge in [0.1, 0.15) is 0 Å². The van der Waals surface area contributed by atoms with Gasteiger partial charge in [-0.1, -0.05) is 17.7 Å². The van der Waals surface area contributed by atoms with Gasteiger partial charge in [-0.2, -0.15) is 13.2 Å². The maximum atomic E-state index is 12.9. The number of carbonyl (C=O) groups excluding carboxylic acids is 1. The van der Waals surface area contributed by atoms with Crippen LogP contribution >= 0.6 is 11.6 Å². The van der Waals surface area contributed by atoms with Crippen molar-refractivity contribution >= 4 is 39.0 Å². The Morgan fingerprint density at radius 1 is 1.06 bits per heavy atom. The molecular weight excluding hydrogens is 459 g/mol. The summed E-state index contributed by atoms with van der Waals surface area (Å²) in [5.74, 6) is -1.18. The third-order valence-electron chi connectivity index (χ3n) is 3.96. The second kappa shape index (κ2) is 8.44. The molecule has 0 bridgehead atoms. The lowest BCUT2D eigenvalue weighted by Crippen LogP contribution is -2.17. The molecule has 0 saturated carbocycles. The third kappa shape index (κ3) is 5.25. The van der Waals surface area contributed by atoms with Gasteiger partial charge < -0.3 is 10.4 Å². The number of hydrogen-bond donors (Lipinski definition) is 3. The second-order valence-corrected chi connectivity index (χ2v) is 8.24. The van der Waals surface area contributed by atoms with E-state index in [0.717, 1.165) is 24.3 Å². The Hall–Kier alpha value is -3.31. The van der Waals surface area contributed by atoms with Gasteiger partial charge in [0.05, 0.1) is 21.2 Å². The van der Waals surface area contributed by atoms with Crippen molar-refractivity contribution in [3.05, 3.63) is 76.9 Å². The summed E-state index contributed by atoms with van der Waals surface area (Å²) in [4.78, 5) is 15.8. The molecule has 12 heteroatoms. The van der Waals surface area contributed by atoms with Crippen molar-refractivity contribution < 1.29 is 31.5 Å². The molecular formula is C19H13ClF3N3O4S. The molecule has 1 heterocycles. The number of benzene rings is 2. The number of halogens is 4. The van der Waals surface area contributed by atoms with Crippen LogP contribution in [0.4, 0.5) is 24.7 Å². The molecule has 3 rings (SSSR count). The van der Waals surface area contributed by atoms with E-state index < -0.39 is 33.4 Å². The van der Waals surface area contributed by atoms with Gasteiger partial charge in [0, 0.05) is 11.8 Å². The Morgan fingerprint density at radius 3 is 2.48 bits per heavy atom. The fourth-order valence-corrected chi connectivity index (χ4v) is 3.80. The number of anilines is 2. The second-order valence-electron chi connectivity index (χ2n) is 6.15. The van der Waals surface area contributed by atoms with Gasteiger partial charge >= 0.3 is 6.18 Å². The van der Waals surface area contributed by atoms with Crippen molar-refractivity contribution in [1.82, 2.24) is 4.98 Å². The van der Waals surface area contributed by atoms with Crippen molar-refractivity contribution in [3.63, 3.8) is 0 Å². The predicted octanol–water partition coefficient (Wildman–Crippen LogP) is 4.51. The van der Waals surface area contributed by atoms with Crippen molar-refractivity contribution in [1.29, 1.82) is 0 Å². The highest BCUT2D eigenvalue weighted by atomic mass is 35.5. The van der Waals surface area contributed by atoms with Gasteiger partial charge in [0.25, 0.3) is 15.9 Å². The molecule has 0 fully saturated rings. The molecule has 0 spiro atoms. The number of rotatable bonds is 5. The maximum absolute atomic E-state index is 12.9. The molecule has 0 atom stereocenters. The van der Waals surface area contributed by atoms with E-state index in [1.165, 1.54) is 30.5 Å². The van der Waals surface area contributed by atoms with E-state index in [1.807, 2.05) is 4.72 Å². The van der Waals surface area contributed by atoms with Gasteiger partial charge in [-0.15, -0.1) is 0 Å². The number of amides is 1. The molecule has 0 radical (unpaired) electrons. The third-order valence-corrected chi connectivity index (χ3v) is 5.66. The maximum Gasteiger partial charge on any atom is 0.416 e. The Balaban J connectivity index is 1.88. The summed E-state index contributed by atoms with van der Waals surface area (Å²) in [6.07, 6.45) is -3.36. The number of nitrogens with zero attached hydrogens (tertiary/aromatic N) is 1. The van der Waals surface area contributed by atoms with Crippen molar-refractivity contribution in [2.75, 3.05) is 10.0 Å². The Labute approximate surface area is 179 Å². The smallest absolute Gasteiger partial charge is 0.416 e. The molecule has 3 aromatic rings. The average Bonchev–Trinajstić information content (AvgIpc) is 2.70. The summed E-state index contributed by atoms with van der Waals surface area (Å²) in [6, 6.07) is 9.71. The Morgan fingerprint density at radius 2 is 1.81 bits per heavy atom. The zero-order chi connectivity index (χ0) is 22.8. The Bertz CT molecular complexity index is 1250. The van der Waals surface area contributed by atoms with E-state index in [4.69, 9.17) is 11.6 Å². The molecule has 7 nitrogen and oxygen atoms in total. The highest BCUT2D eigenvalue weighted by Crippen LogP contribution is 2.34. The van der Waals surface area contributed by atoms with Crippen LogP contribution in [-0.4, -0.2) is 24.4 Å². The minimum atomic E-state index is -4.69. The van der Waals surface area contributed by atoms with Crippen LogP contribution in [-0.2, 0) is 16.2 Å². The molecule has 1 aromatic heterocycles. The summed E-state index contributed by atoms with van der Waals surface area (Å²) in [7, 11) is -4.38. The van der Waals surface area contributed by atoms with E-state index in [0.29, 0.717) is 6.07 Å². The highest BCUT2D eigenvalue weighted by Gasteiger charge is 2.31. The van der Waals surface area contributed by atoms with Crippen LogP contribution in [0.25, 0.3) is 0 Å². The first-order valence-electron chi connectivity index (χ1n) is 8.42. The van der Waals surface area contributed by atoms with Crippen LogP contribution < -0.4 is 10.0 Å². The topological polar surface area (TPSA) is 108 Å². The molecule has 162 valence electrons. The summed E-state index contributed by atoms with van der Waals surface area (Å²) >= 11 is 5.84. The minimum Gasteiger partial charge on any atom is -0.504 e. The zero-order valence-corrected chi connectivity index (χ0v) is 16.9. The lowest BCUT2D eigenvalue weighted by atomic mass is 10.2. The van der Waals surface area contributed by atoms with E-state index in [2.05, 4.69) is 10.3 Å². The van der Waals surface area contributed by atoms with Crippen LogP contribution in [0.15, 0.2) is 65.7 Å². The van der Waals surface area contributed by atoms with E-state index in [-0.39, 0.29) is 27.0 Å². The van der Waals surface area contributed by atoms with Crippen molar-refractivity contribution in [2.24, 2.45) is 0 Å². The largest absolute Gasteiger partial charge is 0.504 e. The molecule has 0 saturated heterocycles. The highest BCUT2D eigenvalue weighted by molar-refractivity contribution is 7.92. The van der Waals surface area contributed by atoms with Gasteiger partial charge in [0.2, 0.25) is 0 Å². The number of alkyl halides is 3. The fraction of sp³-hybridized carbons (Fsp3) is 0.0526. The van der Waals surface area contributed by atoms with Gasteiger partial charge in [-0.05, 0) is 48.5 Å². The van der Waals surface area contributed by atoms with Gasteiger partial charge in [-0.3, -0.25) is 9.52 Å². The fourth-order valence-electron chi connectivity index (χ4n) is 2.46.